The summed E-state index contributed by atoms with van der Waals surface area (Å²) in [5.74, 6) is -0.676. The molecule has 1 aromatic heterocycles. The largest absolute Gasteiger partial charge is 0.462 e. The van der Waals surface area contributed by atoms with Gasteiger partial charge in [-0.2, -0.15) is 0 Å². The molecular formula is C13H18N2O4S. The van der Waals surface area contributed by atoms with Crippen molar-refractivity contribution in [2.75, 3.05) is 18.5 Å². The first-order valence-corrected chi connectivity index (χ1v) is 7.44. The highest BCUT2D eigenvalue weighted by molar-refractivity contribution is 7.14. The third-order valence-corrected chi connectivity index (χ3v) is 3.89. The van der Waals surface area contributed by atoms with Crippen LogP contribution in [0.25, 0.3) is 0 Å². The molecule has 2 atom stereocenters. The van der Waals surface area contributed by atoms with Gasteiger partial charge in [-0.05, 0) is 31.2 Å². The standard InChI is InChI=1S/C13H18N2O4S/c1-2-18-13(17)9-5-6-20-12(9)15-11(16)10-4-3-8(7-14)19-10/h5-6,8,10H,2-4,7,14H2,1H3,(H,15,16). The number of nitrogens with two attached hydrogens (primary N) is 1. The van der Waals surface area contributed by atoms with Crippen molar-refractivity contribution >= 4 is 28.2 Å². The lowest BCUT2D eigenvalue weighted by molar-refractivity contribution is -0.126. The van der Waals surface area contributed by atoms with E-state index in [0.717, 1.165) is 6.42 Å². The fourth-order valence-electron chi connectivity index (χ4n) is 2.04. The van der Waals surface area contributed by atoms with E-state index in [0.29, 0.717) is 30.1 Å². The van der Waals surface area contributed by atoms with Gasteiger partial charge in [0.05, 0.1) is 18.3 Å². The van der Waals surface area contributed by atoms with Crippen LogP contribution in [-0.4, -0.2) is 37.2 Å². The molecule has 0 radical (unpaired) electrons. The van der Waals surface area contributed by atoms with Crippen molar-refractivity contribution in [3.05, 3.63) is 17.0 Å². The van der Waals surface area contributed by atoms with Gasteiger partial charge in [0.15, 0.2) is 0 Å². The second-order valence-corrected chi connectivity index (χ2v) is 5.35. The molecule has 1 saturated heterocycles. The number of carbonyl (C=O) groups excluding carboxylic acids is 2. The number of carbonyl (C=O) groups is 2. The summed E-state index contributed by atoms with van der Waals surface area (Å²) in [5.41, 5.74) is 5.89. The molecule has 0 bridgehead atoms. The molecule has 1 aliphatic heterocycles. The lowest BCUT2D eigenvalue weighted by Gasteiger charge is -2.12. The molecule has 110 valence electrons. The lowest BCUT2D eigenvalue weighted by Crippen LogP contribution is -2.30. The Kier molecular flexibility index (Phi) is 5.11. The summed E-state index contributed by atoms with van der Waals surface area (Å²) < 4.78 is 10.5. The fourth-order valence-corrected chi connectivity index (χ4v) is 2.82. The predicted octanol–water partition coefficient (Wildman–Crippen LogP) is 1.37. The van der Waals surface area contributed by atoms with Crippen LogP contribution in [0.3, 0.4) is 0 Å². The molecule has 20 heavy (non-hydrogen) atoms. The van der Waals surface area contributed by atoms with E-state index in [9.17, 15) is 9.59 Å². The summed E-state index contributed by atoms with van der Waals surface area (Å²) in [6.07, 6.45) is 0.872. The average Bonchev–Trinajstić information content (AvgIpc) is 3.07. The molecule has 2 rings (SSSR count). The minimum Gasteiger partial charge on any atom is -0.462 e. The van der Waals surface area contributed by atoms with Gasteiger partial charge in [-0.25, -0.2) is 4.79 Å². The Labute approximate surface area is 121 Å². The Balaban J connectivity index is 1.98. The van der Waals surface area contributed by atoms with Crippen LogP contribution in [0.15, 0.2) is 11.4 Å². The number of rotatable bonds is 5. The number of nitrogens with one attached hydrogen (secondary N) is 1. The van der Waals surface area contributed by atoms with Crippen LogP contribution in [0.4, 0.5) is 5.00 Å². The number of ether oxygens (including phenoxy) is 2. The summed E-state index contributed by atoms with van der Waals surface area (Å²) in [5, 5.41) is 4.96. The minimum absolute atomic E-state index is 0.0568. The molecule has 6 nitrogen and oxygen atoms in total. The summed E-state index contributed by atoms with van der Waals surface area (Å²) in [4.78, 5) is 23.8. The van der Waals surface area contributed by atoms with Crippen LogP contribution in [0.1, 0.15) is 30.1 Å². The zero-order chi connectivity index (χ0) is 14.5. The molecule has 7 heteroatoms. The highest BCUT2D eigenvalue weighted by Gasteiger charge is 2.30. The molecule has 1 amide bonds. The molecular weight excluding hydrogens is 280 g/mol. The molecule has 0 spiro atoms. The summed E-state index contributed by atoms with van der Waals surface area (Å²) in [6.45, 7) is 2.45. The summed E-state index contributed by atoms with van der Waals surface area (Å²) in [6, 6.07) is 1.64. The maximum absolute atomic E-state index is 12.1. The van der Waals surface area contributed by atoms with E-state index < -0.39 is 12.1 Å². The van der Waals surface area contributed by atoms with Crippen molar-refractivity contribution in [1.29, 1.82) is 0 Å². The second-order valence-electron chi connectivity index (χ2n) is 4.43. The van der Waals surface area contributed by atoms with E-state index in [2.05, 4.69) is 5.32 Å². The van der Waals surface area contributed by atoms with E-state index in [-0.39, 0.29) is 12.0 Å². The number of esters is 1. The molecule has 0 aromatic carbocycles. The van der Waals surface area contributed by atoms with Crippen LogP contribution >= 0.6 is 11.3 Å². The first-order valence-electron chi connectivity index (χ1n) is 6.56. The lowest BCUT2D eigenvalue weighted by atomic mass is 10.2. The average molecular weight is 298 g/mol. The summed E-state index contributed by atoms with van der Waals surface area (Å²) in [7, 11) is 0. The highest BCUT2D eigenvalue weighted by Crippen LogP contribution is 2.26. The second kappa shape index (κ2) is 6.83. The quantitative estimate of drug-likeness (QED) is 0.801. The topological polar surface area (TPSA) is 90.7 Å². The zero-order valence-electron chi connectivity index (χ0n) is 11.3. The van der Waals surface area contributed by atoms with E-state index in [1.54, 1.807) is 18.4 Å². The molecule has 1 fully saturated rings. The first-order chi connectivity index (χ1) is 9.65. The Morgan fingerprint density at radius 3 is 3.00 bits per heavy atom. The van der Waals surface area contributed by atoms with Gasteiger partial charge in [0.2, 0.25) is 0 Å². The van der Waals surface area contributed by atoms with Crippen LogP contribution in [0.2, 0.25) is 0 Å². The monoisotopic (exact) mass is 298 g/mol. The van der Waals surface area contributed by atoms with Crippen molar-refractivity contribution in [2.24, 2.45) is 5.73 Å². The number of thiophene rings is 1. The van der Waals surface area contributed by atoms with Crippen molar-refractivity contribution < 1.29 is 19.1 Å². The number of amides is 1. The van der Waals surface area contributed by atoms with Gasteiger partial charge in [-0.15, -0.1) is 11.3 Å². The molecule has 0 aliphatic carbocycles. The van der Waals surface area contributed by atoms with Crippen LogP contribution in [0.5, 0.6) is 0 Å². The zero-order valence-corrected chi connectivity index (χ0v) is 12.1. The predicted molar refractivity (Wildman–Crippen MR) is 75.9 cm³/mol. The summed E-state index contributed by atoms with van der Waals surface area (Å²) >= 11 is 1.28. The number of hydrogen-bond acceptors (Lipinski definition) is 6. The number of hydrogen-bond donors (Lipinski definition) is 2. The Hall–Kier alpha value is -1.44. The maximum atomic E-state index is 12.1. The van der Waals surface area contributed by atoms with Gasteiger partial charge in [0.25, 0.3) is 5.91 Å². The van der Waals surface area contributed by atoms with Gasteiger partial charge in [-0.3, -0.25) is 4.79 Å². The van der Waals surface area contributed by atoms with E-state index in [4.69, 9.17) is 15.2 Å². The smallest absolute Gasteiger partial charge is 0.341 e. The molecule has 2 heterocycles. The van der Waals surface area contributed by atoms with Crippen LogP contribution in [0, 0.1) is 0 Å². The van der Waals surface area contributed by atoms with Crippen LogP contribution in [-0.2, 0) is 14.3 Å². The molecule has 2 unspecified atom stereocenters. The van der Waals surface area contributed by atoms with Crippen molar-refractivity contribution in [2.45, 2.75) is 32.0 Å². The van der Waals surface area contributed by atoms with Crippen molar-refractivity contribution in [3.8, 4) is 0 Å². The number of anilines is 1. The molecule has 0 saturated carbocycles. The SMILES string of the molecule is CCOC(=O)c1ccsc1NC(=O)C1CCC(CN)O1. The normalized spacial score (nSPS) is 21.7. The van der Waals surface area contributed by atoms with Gasteiger partial charge >= 0.3 is 5.97 Å². The highest BCUT2D eigenvalue weighted by atomic mass is 32.1. The Bertz CT molecular complexity index is 488. The van der Waals surface area contributed by atoms with Crippen molar-refractivity contribution in [3.63, 3.8) is 0 Å². The third kappa shape index (κ3) is 3.36. The Morgan fingerprint density at radius 2 is 2.35 bits per heavy atom. The third-order valence-electron chi connectivity index (χ3n) is 3.06. The molecule has 3 N–H and O–H groups in total. The fraction of sp³-hybridized carbons (Fsp3) is 0.538. The van der Waals surface area contributed by atoms with Gasteiger partial charge in [0.1, 0.15) is 11.1 Å². The Morgan fingerprint density at radius 1 is 1.55 bits per heavy atom. The van der Waals surface area contributed by atoms with Gasteiger partial charge in [-0.1, -0.05) is 0 Å². The van der Waals surface area contributed by atoms with Gasteiger partial charge < -0.3 is 20.5 Å². The first kappa shape index (κ1) is 15.0. The van der Waals surface area contributed by atoms with Crippen LogP contribution < -0.4 is 11.1 Å². The maximum Gasteiger partial charge on any atom is 0.341 e. The van der Waals surface area contributed by atoms with Crippen molar-refractivity contribution in [1.82, 2.24) is 0 Å². The molecule has 1 aliphatic rings. The minimum atomic E-state index is -0.499. The van der Waals surface area contributed by atoms with Gasteiger partial charge in [0, 0.05) is 6.54 Å². The molecule has 1 aromatic rings. The van der Waals surface area contributed by atoms with E-state index >= 15 is 0 Å². The van der Waals surface area contributed by atoms with E-state index in [1.165, 1.54) is 11.3 Å². The van der Waals surface area contributed by atoms with E-state index in [1.807, 2.05) is 0 Å².